The van der Waals surface area contributed by atoms with Crippen molar-refractivity contribution >= 4 is 48.5 Å². The highest BCUT2D eigenvalue weighted by Crippen LogP contribution is 2.21. The number of hydrogen-bond donors (Lipinski definition) is 1. The summed E-state index contributed by atoms with van der Waals surface area (Å²) in [7, 11) is 0. The van der Waals surface area contributed by atoms with Crippen LogP contribution < -0.4 is 5.32 Å². The SMILES string of the molecule is CC(CCBr)NC(=O)c1ccc2cc(Br)ccc2c1. The van der Waals surface area contributed by atoms with Crippen LogP contribution in [0.15, 0.2) is 40.9 Å². The number of rotatable bonds is 4. The molecule has 2 aromatic rings. The van der Waals surface area contributed by atoms with Crippen LogP contribution in [0.25, 0.3) is 10.8 Å². The largest absolute Gasteiger partial charge is 0.350 e. The van der Waals surface area contributed by atoms with Crippen LogP contribution in [0.1, 0.15) is 23.7 Å². The molecule has 0 aromatic heterocycles. The zero-order valence-corrected chi connectivity index (χ0v) is 13.8. The van der Waals surface area contributed by atoms with E-state index in [9.17, 15) is 4.79 Å². The summed E-state index contributed by atoms with van der Waals surface area (Å²) in [6.07, 6.45) is 0.923. The molecule has 100 valence electrons. The van der Waals surface area contributed by atoms with Crippen molar-refractivity contribution < 1.29 is 4.79 Å². The van der Waals surface area contributed by atoms with E-state index in [0.29, 0.717) is 5.56 Å². The molecule has 2 rings (SSSR count). The van der Waals surface area contributed by atoms with Crippen molar-refractivity contribution in [3.05, 3.63) is 46.4 Å². The highest BCUT2D eigenvalue weighted by molar-refractivity contribution is 9.10. The van der Waals surface area contributed by atoms with Crippen molar-refractivity contribution in [2.75, 3.05) is 5.33 Å². The third-order valence-electron chi connectivity index (χ3n) is 2.98. The average molecular weight is 385 g/mol. The van der Waals surface area contributed by atoms with Gasteiger partial charge in [-0.2, -0.15) is 0 Å². The Morgan fingerprint density at radius 2 is 1.89 bits per heavy atom. The molecule has 0 bridgehead atoms. The molecule has 0 saturated heterocycles. The van der Waals surface area contributed by atoms with Crippen molar-refractivity contribution in [3.63, 3.8) is 0 Å². The molecule has 2 nitrogen and oxygen atoms in total. The molecule has 0 saturated carbocycles. The molecular weight excluding hydrogens is 370 g/mol. The first-order valence-electron chi connectivity index (χ1n) is 6.16. The fraction of sp³-hybridized carbons (Fsp3) is 0.267. The van der Waals surface area contributed by atoms with E-state index in [-0.39, 0.29) is 11.9 Å². The Balaban J connectivity index is 2.21. The molecule has 0 radical (unpaired) electrons. The predicted molar refractivity (Wildman–Crippen MR) is 87.0 cm³/mol. The van der Waals surface area contributed by atoms with Crippen molar-refractivity contribution in [1.29, 1.82) is 0 Å². The first kappa shape index (κ1) is 14.5. The fourth-order valence-corrected chi connectivity index (χ4v) is 2.97. The Morgan fingerprint density at radius 3 is 2.63 bits per heavy atom. The Hall–Kier alpha value is -0.870. The molecule has 0 aliphatic carbocycles. The van der Waals surface area contributed by atoms with Crippen LogP contribution in [0, 0.1) is 0 Å². The van der Waals surface area contributed by atoms with Gasteiger partial charge in [0.25, 0.3) is 5.91 Å². The van der Waals surface area contributed by atoms with Gasteiger partial charge in [0.05, 0.1) is 0 Å². The lowest BCUT2D eigenvalue weighted by molar-refractivity contribution is 0.0939. The van der Waals surface area contributed by atoms with Crippen molar-refractivity contribution in [1.82, 2.24) is 5.32 Å². The lowest BCUT2D eigenvalue weighted by Crippen LogP contribution is -2.32. The summed E-state index contributed by atoms with van der Waals surface area (Å²) in [5.41, 5.74) is 0.705. The minimum Gasteiger partial charge on any atom is -0.350 e. The number of fused-ring (bicyclic) bond motifs is 1. The second-order valence-electron chi connectivity index (χ2n) is 4.56. The predicted octanol–water partition coefficient (Wildman–Crippen LogP) is 4.51. The normalized spacial score (nSPS) is 12.4. The van der Waals surface area contributed by atoms with Crippen LogP contribution in [0.4, 0.5) is 0 Å². The maximum atomic E-state index is 12.1. The summed E-state index contributed by atoms with van der Waals surface area (Å²) in [5, 5.41) is 6.08. The van der Waals surface area contributed by atoms with Crippen molar-refractivity contribution in [3.8, 4) is 0 Å². The van der Waals surface area contributed by atoms with Crippen LogP contribution in [-0.4, -0.2) is 17.3 Å². The molecule has 1 amide bonds. The van der Waals surface area contributed by atoms with Gasteiger partial charge in [0.15, 0.2) is 0 Å². The topological polar surface area (TPSA) is 29.1 Å². The standard InChI is InChI=1S/C15H15Br2NO/c1-10(6-7-16)18-15(19)13-3-2-12-9-14(17)5-4-11(12)8-13/h2-5,8-10H,6-7H2,1H3,(H,18,19). The first-order valence-corrected chi connectivity index (χ1v) is 8.08. The van der Waals surface area contributed by atoms with Gasteiger partial charge in [-0.3, -0.25) is 4.79 Å². The van der Waals surface area contributed by atoms with Crippen LogP contribution in [0.3, 0.4) is 0 Å². The Labute approximate surface area is 129 Å². The second-order valence-corrected chi connectivity index (χ2v) is 6.27. The van der Waals surface area contributed by atoms with Crippen LogP contribution in [-0.2, 0) is 0 Å². The summed E-state index contributed by atoms with van der Waals surface area (Å²) in [4.78, 5) is 12.1. The molecule has 1 N–H and O–H groups in total. The third-order valence-corrected chi connectivity index (χ3v) is 3.94. The molecule has 0 heterocycles. The molecule has 2 aromatic carbocycles. The number of nitrogens with one attached hydrogen (secondary N) is 1. The lowest BCUT2D eigenvalue weighted by Gasteiger charge is -2.12. The van der Waals surface area contributed by atoms with E-state index in [1.54, 1.807) is 0 Å². The third kappa shape index (κ3) is 3.80. The summed E-state index contributed by atoms with van der Waals surface area (Å²) < 4.78 is 1.04. The van der Waals surface area contributed by atoms with E-state index in [4.69, 9.17) is 0 Å². The number of carbonyl (C=O) groups excluding carboxylic acids is 1. The smallest absolute Gasteiger partial charge is 0.251 e. The maximum absolute atomic E-state index is 12.1. The van der Waals surface area contributed by atoms with E-state index < -0.39 is 0 Å². The number of amides is 1. The van der Waals surface area contributed by atoms with E-state index >= 15 is 0 Å². The minimum absolute atomic E-state index is 0.0155. The fourth-order valence-electron chi connectivity index (χ4n) is 1.90. The quantitative estimate of drug-likeness (QED) is 0.772. The van der Waals surface area contributed by atoms with E-state index in [1.165, 1.54) is 0 Å². The first-order chi connectivity index (χ1) is 9.10. The number of benzene rings is 2. The second kappa shape index (κ2) is 6.53. The lowest BCUT2D eigenvalue weighted by atomic mass is 10.1. The Morgan fingerprint density at radius 1 is 1.21 bits per heavy atom. The van der Waals surface area contributed by atoms with E-state index in [0.717, 1.165) is 27.0 Å². The maximum Gasteiger partial charge on any atom is 0.251 e. The van der Waals surface area contributed by atoms with Crippen LogP contribution in [0.5, 0.6) is 0 Å². The van der Waals surface area contributed by atoms with Crippen LogP contribution >= 0.6 is 31.9 Å². The summed E-state index contributed by atoms with van der Waals surface area (Å²) >= 11 is 6.83. The molecule has 4 heteroatoms. The monoisotopic (exact) mass is 383 g/mol. The van der Waals surface area contributed by atoms with Gasteiger partial charge in [0.2, 0.25) is 0 Å². The molecule has 1 unspecified atom stereocenters. The van der Waals surface area contributed by atoms with Gasteiger partial charge in [-0.15, -0.1) is 0 Å². The van der Waals surface area contributed by atoms with Gasteiger partial charge in [0, 0.05) is 21.4 Å². The summed E-state index contributed by atoms with van der Waals surface area (Å²) in [5.74, 6) is -0.0155. The zero-order valence-electron chi connectivity index (χ0n) is 10.6. The van der Waals surface area contributed by atoms with Crippen molar-refractivity contribution in [2.45, 2.75) is 19.4 Å². The number of halogens is 2. The number of hydrogen-bond acceptors (Lipinski definition) is 1. The average Bonchev–Trinajstić information content (AvgIpc) is 2.38. The molecule has 1 atom stereocenters. The minimum atomic E-state index is -0.0155. The highest BCUT2D eigenvalue weighted by atomic mass is 79.9. The molecule has 0 spiro atoms. The van der Waals surface area contributed by atoms with Gasteiger partial charge in [-0.05, 0) is 48.4 Å². The molecule has 0 fully saturated rings. The molecule has 19 heavy (non-hydrogen) atoms. The molecular formula is C15H15Br2NO. The van der Waals surface area contributed by atoms with Crippen molar-refractivity contribution in [2.24, 2.45) is 0 Å². The summed E-state index contributed by atoms with van der Waals surface area (Å²) in [6, 6.07) is 12.0. The number of alkyl halides is 1. The van der Waals surface area contributed by atoms with Gasteiger partial charge in [-0.1, -0.05) is 44.0 Å². The van der Waals surface area contributed by atoms with E-state index in [1.807, 2.05) is 43.3 Å². The summed E-state index contributed by atoms with van der Waals surface area (Å²) in [6.45, 7) is 2.01. The Bertz CT molecular complexity index is 598. The van der Waals surface area contributed by atoms with Gasteiger partial charge in [0.1, 0.15) is 0 Å². The van der Waals surface area contributed by atoms with E-state index in [2.05, 4.69) is 37.2 Å². The Kier molecular flexibility index (Phi) is 4.99. The van der Waals surface area contributed by atoms with Gasteiger partial charge in [-0.25, -0.2) is 0 Å². The highest BCUT2D eigenvalue weighted by Gasteiger charge is 2.09. The van der Waals surface area contributed by atoms with Gasteiger partial charge >= 0.3 is 0 Å². The molecule has 0 aliphatic rings. The zero-order chi connectivity index (χ0) is 13.8. The van der Waals surface area contributed by atoms with Gasteiger partial charge < -0.3 is 5.32 Å². The molecule has 0 aliphatic heterocycles. The van der Waals surface area contributed by atoms with Crippen LogP contribution in [0.2, 0.25) is 0 Å². The number of carbonyl (C=O) groups is 1.